The number of hydrogen-bond acceptors (Lipinski definition) is 3. The van der Waals surface area contributed by atoms with Gasteiger partial charge < -0.3 is 4.18 Å². The van der Waals surface area contributed by atoms with E-state index in [1.54, 1.807) is 0 Å². The Morgan fingerprint density at radius 1 is 2.00 bits per heavy atom. The van der Waals surface area contributed by atoms with E-state index in [-0.39, 0.29) is 0 Å². The zero-order valence-corrected chi connectivity index (χ0v) is 3.49. The first-order valence-corrected chi connectivity index (χ1v) is 1.85. The molecule has 0 spiro atoms. The van der Waals surface area contributed by atoms with Crippen LogP contribution < -0.4 is 5.14 Å². The van der Waals surface area contributed by atoms with Gasteiger partial charge in [-0.05, 0) is 0 Å². The van der Waals surface area contributed by atoms with Crippen LogP contribution in [-0.4, -0.2) is 0 Å². The summed E-state index contributed by atoms with van der Waals surface area (Å²) in [5.41, 5.74) is 0. The molecular formula is C2H5NOS. The summed E-state index contributed by atoms with van der Waals surface area (Å²) in [4.78, 5) is 0. The van der Waals surface area contributed by atoms with E-state index < -0.39 is 0 Å². The molecule has 0 fully saturated rings. The topological polar surface area (TPSA) is 35.2 Å². The Kier molecular flexibility index (Phi) is 3.73. The zero-order valence-electron chi connectivity index (χ0n) is 2.68. The highest BCUT2D eigenvalue weighted by Crippen LogP contribution is 1.84. The molecule has 30 valence electrons. The standard InChI is InChI=1S/C2H5NOS/c1-2-4-5-3/h2H,1,3H2. The molecule has 0 radical (unpaired) electrons. The third kappa shape index (κ3) is 3.85. The van der Waals surface area contributed by atoms with E-state index in [2.05, 4.69) is 10.8 Å². The Morgan fingerprint density at radius 3 is 2.60 bits per heavy atom. The van der Waals surface area contributed by atoms with Crippen LogP contribution in [0.4, 0.5) is 0 Å². The summed E-state index contributed by atoms with van der Waals surface area (Å²) in [5.74, 6) is 0. The summed E-state index contributed by atoms with van der Waals surface area (Å²) in [6.07, 6.45) is 1.27. The highest BCUT2D eigenvalue weighted by molar-refractivity contribution is 7.92. The van der Waals surface area contributed by atoms with Crippen LogP contribution in [0.25, 0.3) is 0 Å². The number of nitrogens with two attached hydrogens (primary N) is 1. The predicted octanol–water partition coefficient (Wildman–Crippen LogP) is 0.668. The van der Waals surface area contributed by atoms with Crippen molar-refractivity contribution in [2.45, 2.75) is 0 Å². The molecule has 3 heteroatoms. The maximum atomic E-state index is 4.76. The molecule has 0 aliphatic rings. The molecule has 0 aromatic carbocycles. The molecule has 0 atom stereocenters. The molecule has 5 heavy (non-hydrogen) atoms. The lowest BCUT2D eigenvalue weighted by atomic mass is 11.2. The summed E-state index contributed by atoms with van der Waals surface area (Å²) in [5, 5.41) is 4.76. The van der Waals surface area contributed by atoms with E-state index >= 15 is 0 Å². The quantitative estimate of drug-likeness (QED) is 0.308. The van der Waals surface area contributed by atoms with Crippen molar-refractivity contribution < 1.29 is 4.18 Å². The van der Waals surface area contributed by atoms with Gasteiger partial charge in [-0.25, -0.2) is 5.14 Å². The largest absolute Gasteiger partial charge is 0.418 e. The average molecular weight is 91.1 g/mol. The maximum absolute atomic E-state index is 4.76. The molecule has 0 amide bonds. The molecule has 0 rings (SSSR count). The van der Waals surface area contributed by atoms with Crippen LogP contribution >= 0.6 is 12.2 Å². The number of rotatable bonds is 2. The Hall–Kier alpha value is -0.150. The highest BCUT2D eigenvalue weighted by Gasteiger charge is 1.57. The third-order valence-corrected chi connectivity index (χ3v) is 0.371. The minimum Gasteiger partial charge on any atom is -0.418 e. The van der Waals surface area contributed by atoms with E-state index in [1.165, 1.54) is 6.26 Å². The van der Waals surface area contributed by atoms with Crippen molar-refractivity contribution in [2.24, 2.45) is 5.14 Å². The van der Waals surface area contributed by atoms with E-state index in [4.69, 9.17) is 5.14 Å². The first-order chi connectivity index (χ1) is 2.41. The lowest BCUT2D eigenvalue weighted by molar-refractivity contribution is 0.569. The van der Waals surface area contributed by atoms with Crippen LogP contribution in [0.2, 0.25) is 0 Å². The molecular weight excluding hydrogens is 86.1 g/mol. The first-order valence-electron chi connectivity index (χ1n) is 1.05. The fraction of sp³-hybridized carbons (Fsp3) is 0. The Labute approximate surface area is 35.3 Å². The van der Waals surface area contributed by atoms with Crippen molar-refractivity contribution in [3.05, 3.63) is 12.8 Å². The molecule has 0 aromatic heterocycles. The molecule has 0 aliphatic heterocycles. The number of hydrogen-bond donors (Lipinski definition) is 1. The predicted molar refractivity (Wildman–Crippen MR) is 23.1 cm³/mol. The monoisotopic (exact) mass is 91.0 g/mol. The van der Waals surface area contributed by atoms with E-state index in [0.717, 1.165) is 12.2 Å². The third-order valence-electron chi connectivity index (χ3n) is 0.124. The van der Waals surface area contributed by atoms with Gasteiger partial charge in [-0.3, -0.25) is 0 Å². The van der Waals surface area contributed by atoms with E-state index in [1.807, 2.05) is 0 Å². The highest BCUT2D eigenvalue weighted by atomic mass is 32.2. The molecule has 0 aliphatic carbocycles. The normalized spacial score (nSPS) is 6.60. The molecule has 2 N–H and O–H groups in total. The van der Waals surface area contributed by atoms with Crippen LogP contribution in [0.1, 0.15) is 0 Å². The molecule has 2 nitrogen and oxygen atoms in total. The van der Waals surface area contributed by atoms with Gasteiger partial charge in [0.25, 0.3) is 0 Å². The fourth-order valence-corrected chi connectivity index (χ4v) is 0.118. The van der Waals surface area contributed by atoms with Crippen LogP contribution in [0, 0.1) is 0 Å². The first kappa shape index (κ1) is 4.85. The Morgan fingerprint density at radius 2 is 2.60 bits per heavy atom. The smallest absolute Gasteiger partial charge is 0.139 e. The maximum Gasteiger partial charge on any atom is 0.139 e. The van der Waals surface area contributed by atoms with Gasteiger partial charge in [-0.15, -0.1) is 0 Å². The van der Waals surface area contributed by atoms with Crippen molar-refractivity contribution in [2.75, 3.05) is 0 Å². The second-order valence-electron chi connectivity index (χ2n) is 0.359. The second kappa shape index (κ2) is 3.85. The second-order valence-corrected chi connectivity index (χ2v) is 0.744. The summed E-state index contributed by atoms with van der Waals surface area (Å²) >= 11 is 0.784. The zero-order chi connectivity index (χ0) is 4.12. The van der Waals surface area contributed by atoms with Gasteiger partial charge in [0.1, 0.15) is 12.2 Å². The minimum atomic E-state index is 0.784. The van der Waals surface area contributed by atoms with Crippen molar-refractivity contribution in [1.29, 1.82) is 0 Å². The lowest BCUT2D eigenvalue weighted by Crippen LogP contribution is -1.73. The lowest BCUT2D eigenvalue weighted by Gasteiger charge is -1.80. The van der Waals surface area contributed by atoms with E-state index in [9.17, 15) is 0 Å². The molecule has 0 unspecified atom stereocenters. The van der Waals surface area contributed by atoms with Gasteiger partial charge in [0.15, 0.2) is 0 Å². The van der Waals surface area contributed by atoms with Crippen molar-refractivity contribution in [1.82, 2.24) is 0 Å². The van der Waals surface area contributed by atoms with Gasteiger partial charge in [-0.2, -0.15) is 0 Å². The summed E-state index contributed by atoms with van der Waals surface area (Å²) in [6.45, 7) is 3.23. The summed E-state index contributed by atoms with van der Waals surface area (Å²) < 4.78 is 4.29. The minimum absolute atomic E-state index is 0.784. The van der Waals surface area contributed by atoms with Crippen molar-refractivity contribution in [3.63, 3.8) is 0 Å². The van der Waals surface area contributed by atoms with Crippen LogP contribution in [-0.2, 0) is 4.18 Å². The van der Waals surface area contributed by atoms with Gasteiger partial charge >= 0.3 is 0 Å². The van der Waals surface area contributed by atoms with Gasteiger partial charge in [0.2, 0.25) is 0 Å². The SMILES string of the molecule is C=COSN. The van der Waals surface area contributed by atoms with E-state index in [0.29, 0.717) is 0 Å². The van der Waals surface area contributed by atoms with Gasteiger partial charge in [0.05, 0.1) is 6.26 Å². The Bertz CT molecular complexity index is 30.8. The summed E-state index contributed by atoms with van der Waals surface area (Å²) in [7, 11) is 0. The molecule has 0 saturated carbocycles. The molecule has 0 heterocycles. The molecule has 0 aromatic rings. The van der Waals surface area contributed by atoms with Gasteiger partial charge in [-0.1, -0.05) is 6.58 Å². The van der Waals surface area contributed by atoms with Crippen molar-refractivity contribution >= 4 is 12.2 Å². The molecule has 0 saturated heterocycles. The van der Waals surface area contributed by atoms with Gasteiger partial charge in [0, 0.05) is 0 Å². The Balaban J connectivity index is 2.40. The fourth-order valence-electron chi connectivity index (χ4n) is 0.0393. The average Bonchev–Trinajstić information content (AvgIpc) is 1.41. The van der Waals surface area contributed by atoms with Crippen LogP contribution in [0.5, 0.6) is 0 Å². The van der Waals surface area contributed by atoms with Crippen molar-refractivity contribution in [3.8, 4) is 0 Å². The molecule has 0 bridgehead atoms. The summed E-state index contributed by atoms with van der Waals surface area (Å²) in [6, 6.07) is 0. The van der Waals surface area contributed by atoms with Crippen LogP contribution in [0.15, 0.2) is 12.8 Å². The van der Waals surface area contributed by atoms with Crippen LogP contribution in [0.3, 0.4) is 0 Å².